The minimum atomic E-state index is 0.114. The Morgan fingerprint density at radius 1 is 1.17 bits per heavy atom. The summed E-state index contributed by atoms with van der Waals surface area (Å²) in [4.78, 5) is 18.8. The number of aryl methyl sites for hydroxylation is 1. The highest BCUT2D eigenvalue weighted by Gasteiger charge is 2.05. The normalized spacial score (nSPS) is 10.7. The van der Waals surface area contributed by atoms with E-state index < -0.39 is 0 Å². The van der Waals surface area contributed by atoms with Gasteiger partial charge in [0.15, 0.2) is 0 Å². The Hall–Kier alpha value is -2.50. The van der Waals surface area contributed by atoms with Crippen LogP contribution >= 0.6 is 0 Å². The minimum absolute atomic E-state index is 0.114. The van der Waals surface area contributed by atoms with Gasteiger partial charge in [0, 0.05) is 25.5 Å². The van der Waals surface area contributed by atoms with Gasteiger partial charge in [0.1, 0.15) is 5.82 Å². The first-order chi connectivity index (χ1) is 11.1. The largest absolute Gasteiger partial charge is 0.397 e. The first-order valence-electron chi connectivity index (χ1n) is 8.00. The van der Waals surface area contributed by atoms with Crippen LogP contribution in [0.2, 0.25) is 0 Å². The van der Waals surface area contributed by atoms with Crippen LogP contribution < -0.4 is 16.8 Å². The minimum Gasteiger partial charge on any atom is -0.397 e. The summed E-state index contributed by atoms with van der Waals surface area (Å²) in [6, 6.07) is 5.59. The van der Waals surface area contributed by atoms with Crippen LogP contribution in [0, 0.1) is 0 Å². The lowest BCUT2D eigenvalue weighted by molar-refractivity contribution is -0.120. The molecular weight excluding hydrogens is 290 g/mol. The first-order valence-corrected chi connectivity index (χ1v) is 8.00. The fourth-order valence-electron chi connectivity index (χ4n) is 2.44. The van der Waals surface area contributed by atoms with Gasteiger partial charge < -0.3 is 21.8 Å². The molecule has 0 aliphatic heterocycles. The summed E-state index contributed by atoms with van der Waals surface area (Å²) in [6.45, 7) is 0. The van der Waals surface area contributed by atoms with E-state index in [2.05, 4.69) is 15.3 Å². The van der Waals surface area contributed by atoms with Crippen LogP contribution in [-0.2, 0) is 11.2 Å². The number of carbonyl (C=O) groups excluding carboxylic acids is 1. The van der Waals surface area contributed by atoms with Gasteiger partial charge in [0.05, 0.1) is 23.3 Å². The number of aromatic amines is 1. The molecule has 6 N–H and O–H groups in total. The fourth-order valence-corrected chi connectivity index (χ4v) is 2.44. The molecule has 2 aromatic rings. The maximum absolute atomic E-state index is 11.1. The van der Waals surface area contributed by atoms with E-state index in [9.17, 15) is 4.79 Å². The number of imidazole rings is 1. The number of carbonyl (C=O) groups is 1. The SMILES string of the molecule is CNC(=O)CCCCCCc1ncc(-c2ccc(N)c(N)c2)[nH]1. The zero-order valence-corrected chi connectivity index (χ0v) is 13.6. The Balaban J connectivity index is 1.76. The summed E-state index contributed by atoms with van der Waals surface area (Å²) < 4.78 is 0. The standard InChI is InChI=1S/C17H25N5O/c1-20-17(23)7-5-3-2-4-6-16-21-11-15(22-16)12-8-9-13(18)14(19)10-12/h8-11H,2-7,18-19H2,1H3,(H,20,23)(H,21,22). The average Bonchev–Trinajstić information content (AvgIpc) is 3.02. The molecule has 0 saturated carbocycles. The van der Waals surface area contributed by atoms with Gasteiger partial charge in [-0.05, 0) is 25.0 Å². The van der Waals surface area contributed by atoms with Crippen molar-refractivity contribution in [2.75, 3.05) is 18.5 Å². The molecule has 0 spiro atoms. The van der Waals surface area contributed by atoms with Crippen molar-refractivity contribution in [2.24, 2.45) is 0 Å². The van der Waals surface area contributed by atoms with Crippen LogP contribution in [0.25, 0.3) is 11.3 Å². The number of hydrogen-bond donors (Lipinski definition) is 4. The van der Waals surface area contributed by atoms with E-state index in [4.69, 9.17) is 11.5 Å². The number of H-pyrrole nitrogens is 1. The Morgan fingerprint density at radius 3 is 2.70 bits per heavy atom. The van der Waals surface area contributed by atoms with Crippen molar-refractivity contribution in [3.05, 3.63) is 30.2 Å². The molecule has 6 heteroatoms. The summed E-state index contributed by atoms with van der Waals surface area (Å²) in [5.41, 5.74) is 14.7. The van der Waals surface area contributed by atoms with E-state index in [1.165, 1.54) is 0 Å². The molecule has 1 heterocycles. The smallest absolute Gasteiger partial charge is 0.219 e. The summed E-state index contributed by atoms with van der Waals surface area (Å²) in [5, 5.41) is 2.64. The molecule has 23 heavy (non-hydrogen) atoms. The summed E-state index contributed by atoms with van der Waals surface area (Å²) in [7, 11) is 1.67. The lowest BCUT2D eigenvalue weighted by atomic mass is 10.1. The third-order valence-corrected chi connectivity index (χ3v) is 3.87. The van der Waals surface area contributed by atoms with E-state index in [1.807, 2.05) is 18.3 Å². The number of nitrogens with two attached hydrogens (primary N) is 2. The number of unbranched alkanes of at least 4 members (excludes halogenated alkanes) is 3. The highest BCUT2D eigenvalue weighted by Crippen LogP contribution is 2.24. The summed E-state index contributed by atoms with van der Waals surface area (Å²) in [5.74, 6) is 1.09. The molecule has 1 aromatic heterocycles. The van der Waals surface area contributed by atoms with Crippen molar-refractivity contribution >= 4 is 17.3 Å². The number of aromatic nitrogens is 2. The monoisotopic (exact) mass is 315 g/mol. The van der Waals surface area contributed by atoms with Gasteiger partial charge in [-0.25, -0.2) is 4.98 Å². The third-order valence-electron chi connectivity index (χ3n) is 3.87. The molecule has 0 unspecified atom stereocenters. The second-order valence-corrected chi connectivity index (χ2v) is 5.67. The van der Waals surface area contributed by atoms with Gasteiger partial charge in [-0.1, -0.05) is 18.9 Å². The highest BCUT2D eigenvalue weighted by atomic mass is 16.1. The van der Waals surface area contributed by atoms with Crippen LogP contribution in [0.1, 0.15) is 37.9 Å². The van der Waals surface area contributed by atoms with Crippen molar-refractivity contribution in [1.29, 1.82) is 0 Å². The van der Waals surface area contributed by atoms with Crippen molar-refractivity contribution < 1.29 is 4.79 Å². The highest BCUT2D eigenvalue weighted by molar-refractivity contribution is 5.75. The number of nitrogens with one attached hydrogen (secondary N) is 2. The molecule has 124 valence electrons. The Kier molecular flexibility index (Phi) is 6.02. The van der Waals surface area contributed by atoms with Gasteiger partial charge in [-0.2, -0.15) is 0 Å². The van der Waals surface area contributed by atoms with Gasteiger partial charge in [0.25, 0.3) is 0 Å². The molecule has 0 radical (unpaired) electrons. The third kappa shape index (κ3) is 5.02. The fraction of sp³-hybridized carbons (Fsp3) is 0.412. The molecule has 0 fully saturated rings. The average molecular weight is 315 g/mol. The van der Waals surface area contributed by atoms with E-state index in [0.29, 0.717) is 17.8 Å². The Morgan fingerprint density at radius 2 is 1.96 bits per heavy atom. The number of rotatable bonds is 8. The summed E-state index contributed by atoms with van der Waals surface area (Å²) >= 11 is 0. The molecule has 1 aromatic carbocycles. The quantitative estimate of drug-likeness (QED) is 0.443. The Bertz CT molecular complexity index is 650. The first kappa shape index (κ1) is 16.9. The van der Waals surface area contributed by atoms with Crippen LogP contribution in [-0.4, -0.2) is 22.9 Å². The second-order valence-electron chi connectivity index (χ2n) is 5.67. The number of benzene rings is 1. The molecule has 0 bridgehead atoms. The molecular formula is C17H25N5O. The van der Waals surface area contributed by atoms with E-state index in [1.54, 1.807) is 13.1 Å². The van der Waals surface area contributed by atoms with Gasteiger partial charge in [-0.3, -0.25) is 4.79 Å². The predicted octanol–water partition coefficient (Wildman–Crippen LogP) is 2.48. The van der Waals surface area contributed by atoms with Gasteiger partial charge in [0.2, 0.25) is 5.91 Å². The van der Waals surface area contributed by atoms with Crippen LogP contribution in [0.5, 0.6) is 0 Å². The Labute approximate surface area is 136 Å². The van der Waals surface area contributed by atoms with Crippen LogP contribution in [0.4, 0.5) is 11.4 Å². The van der Waals surface area contributed by atoms with Gasteiger partial charge >= 0.3 is 0 Å². The molecule has 0 atom stereocenters. The number of hydrogen-bond acceptors (Lipinski definition) is 4. The maximum Gasteiger partial charge on any atom is 0.219 e. The van der Waals surface area contributed by atoms with Crippen molar-refractivity contribution in [3.63, 3.8) is 0 Å². The van der Waals surface area contributed by atoms with Crippen molar-refractivity contribution in [2.45, 2.75) is 38.5 Å². The number of amides is 1. The predicted molar refractivity (Wildman–Crippen MR) is 93.7 cm³/mol. The number of nitrogens with zero attached hydrogens (tertiary/aromatic N) is 1. The van der Waals surface area contributed by atoms with E-state index in [0.717, 1.165) is 49.2 Å². The number of nitrogen functional groups attached to an aromatic ring is 2. The van der Waals surface area contributed by atoms with Gasteiger partial charge in [-0.15, -0.1) is 0 Å². The van der Waals surface area contributed by atoms with E-state index >= 15 is 0 Å². The van der Waals surface area contributed by atoms with Crippen molar-refractivity contribution in [1.82, 2.24) is 15.3 Å². The topological polar surface area (TPSA) is 110 Å². The molecule has 0 aliphatic rings. The maximum atomic E-state index is 11.1. The zero-order valence-electron chi connectivity index (χ0n) is 13.6. The molecule has 1 amide bonds. The zero-order chi connectivity index (χ0) is 16.7. The number of anilines is 2. The summed E-state index contributed by atoms with van der Waals surface area (Å²) in [6.07, 6.45) is 7.51. The molecule has 0 saturated heterocycles. The lowest BCUT2D eigenvalue weighted by Gasteiger charge is -2.03. The molecule has 6 nitrogen and oxygen atoms in total. The van der Waals surface area contributed by atoms with Crippen molar-refractivity contribution in [3.8, 4) is 11.3 Å². The lowest BCUT2D eigenvalue weighted by Crippen LogP contribution is -2.16. The second kappa shape index (κ2) is 8.22. The molecule has 2 rings (SSSR count). The van der Waals surface area contributed by atoms with Crippen LogP contribution in [0.3, 0.4) is 0 Å². The van der Waals surface area contributed by atoms with Crippen LogP contribution in [0.15, 0.2) is 24.4 Å². The molecule has 0 aliphatic carbocycles. The van der Waals surface area contributed by atoms with E-state index in [-0.39, 0.29) is 5.91 Å².